The quantitative estimate of drug-likeness (QED) is 0.121. The first kappa shape index (κ1) is 94.4. The fourth-order valence-corrected chi connectivity index (χ4v) is 14.9. The predicted molar refractivity (Wildman–Crippen MR) is 566 cm³/mol. The summed E-state index contributed by atoms with van der Waals surface area (Å²) in [4.78, 5) is 0. The molecule has 0 saturated carbocycles. The lowest BCUT2D eigenvalue weighted by Gasteiger charge is -2.09. The zero-order chi connectivity index (χ0) is 84.4. The van der Waals surface area contributed by atoms with Crippen LogP contribution in [-0.4, -0.2) is 0 Å². The molecule has 12 aromatic rings. The highest BCUT2D eigenvalue weighted by atomic mass is 14.1. The summed E-state index contributed by atoms with van der Waals surface area (Å²) in [7, 11) is 0. The number of hydrogen-bond acceptors (Lipinski definition) is 0. The van der Waals surface area contributed by atoms with Gasteiger partial charge in [0.2, 0.25) is 0 Å². The molecule has 0 atom stereocenters. The third kappa shape index (κ3) is 29.4. The maximum Gasteiger partial charge on any atom is -0.0238 e. The smallest absolute Gasteiger partial charge is 0.0238 e. The Morgan fingerprint density at radius 1 is 0.171 bits per heavy atom. The highest BCUT2D eigenvalue weighted by Gasteiger charge is 2.07. The summed E-state index contributed by atoms with van der Waals surface area (Å²) < 4.78 is 0. The minimum absolute atomic E-state index is 0. The summed E-state index contributed by atoms with van der Waals surface area (Å²) in [5.74, 6) is 0. The van der Waals surface area contributed by atoms with Gasteiger partial charge in [-0.05, 0) is 426 Å². The molecule has 0 unspecified atom stereocenters. The van der Waals surface area contributed by atoms with Gasteiger partial charge in [0.05, 0.1) is 0 Å². The standard InChI is InChI=1S/C106H94.C12H12.C2H6.3CH4/c1-9-17-77-47-85-25-26-86-48-78(18-10-2)52-90(64-86)30-34-94-56-82(22-14-6)60-98(68-94)38-43-103-72-104-44-40-100-62-84(24-16-8)58-96(70-100)36-32-92-54-80(20-12-4)50-88(66-92)28-27-87-49-79(19-11-3)53-91(65-87)31-35-95-57-83(23-15-7)61-99(69-95)39-42-102-71-101(73-105(74-102)45-46-106(75-103)76-104)41-37-97-59-81(21-13-5)55-93(67-97)33-29-89(51-77)63-85;1-4-10-7-11(5-2)9-12(6-3)8-10;1-2;;;/h9-26,29-76H,27-28H2,1-8H3;4-9H,1-3H2;1-2H3;3*1H4/b17-9?,18-10?,19-11?,20-12?,21-13?,22-14?,23-15?,24-16?,26-25?,33-29?,34-30?,35-31+,36-32+,41-37?,42-39+,43-38?,44-40?,46-45?;;;;;. The number of hydrogen-bond donors (Lipinski definition) is 0. The van der Waals surface area contributed by atoms with E-state index in [0.717, 1.165) is 161 Å². The van der Waals surface area contributed by atoms with Gasteiger partial charge in [-0.3, -0.25) is 0 Å². The summed E-state index contributed by atoms with van der Waals surface area (Å²) in [6.45, 7) is 31.8. The van der Waals surface area contributed by atoms with Gasteiger partial charge >= 0.3 is 0 Å². The van der Waals surface area contributed by atoms with E-state index in [0.29, 0.717) is 0 Å². The molecule has 1 aliphatic carbocycles. The molecule has 22 bridgehead atoms. The first-order valence-electron chi connectivity index (χ1n) is 42.1. The van der Waals surface area contributed by atoms with Crippen molar-refractivity contribution in [3.05, 3.63) is 458 Å². The van der Waals surface area contributed by atoms with E-state index in [1.54, 1.807) is 0 Å². The molecule has 123 heavy (non-hydrogen) atoms. The molecular formula is C123H124. The third-order valence-electron chi connectivity index (χ3n) is 20.0. The molecule has 0 spiro atoms. The molecule has 0 amide bonds. The van der Waals surface area contributed by atoms with E-state index in [4.69, 9.17) is 0 Å². The first-order chi connectivity index (χ1) is 58.7. The second-order valence-electron chi connectivity index (χ2n) is 29.9. The van der Waals surface area contributed by atoms with Crippen LogP contribution in [0.15, 0.2) is 341 Å². The van der Waals surface area contributed by atoms with E-state index in [1.165, 1.54) is 33.4 Å². The normalized spacial score (nSPS) is 12.5. The fraction of sp³-hybridized carbons (Fsp3) is 0.122. The van der Waals surface area contributed by atoms with Gasteiger partial charge in [0.1, 0.15) is 0 Å². The molecule has 0 aromatic heterocycles. The Balaban J connectivity index is 0.00000101. The molecule has 0 heteroatoms. The summed E-state index contributed by atoms with van der Waals surface area (Å²) >= 11 is 0. The summed E-state index contributed by atoms with van der Waals surface area (Å²) in [6.07, 6.45) is 59.9. The molecule has 0 saturated heterocycles. The minimum Gasteiger partial charge on any atom is -0.0985 e. The van der Waals surface area contributed by atoms with Crippen molar-refractivity contribution in [1.29, 1.82) is 0 Å². The van der Waals surface area contributed by atoms with Crippen LogP contribution in [0, 0.1) is 0 Å². The molecule has 1 aliphatic rings. The lowest BCUT2D eigenvalue weighted by molar-refractivity contribution is 0.958. The SMILES string of the molecule is C.C.C.C=Cc1cc(C=C)cc(C=C)c1.CC.CC=Cc1cc2cc(c1)/C=C/c1cc(C=CC)cc(c1)CCc1cc(C=CC)cc(c1)/C=C/c1cc(C=CC)cc(c1)/C=C/c1cc3ccc4cc(C=CC)cc(ccc5cc(C=CC)cc(ccc6cc(C=CC)cc(ccc7cc(C=CC)cc(ccc8cc(cc(ccc(c1)c3)c8)C=C2)c7)c6)c5)c4. The van der Waals surface area contributed by atoms with Crippen molar-refractivity contribution in [2.24, 2.45) is 0 Å². The van der Waals surface area contributed by atoms with Crippen molar-refractivity contribution in [2.45, 2.75) is 104 Å². The number of benzene rings is 11. The van der Waals surface area contributed by atoms with Crippen LogP contribution < -0.4 is 0 Å². The third-order valence-corrected chi connectivity index (χ3v) is 20.0. The molecule has 0 fully saturated rings. The number of allylic oxidation sites excluding steroid dienone is 8. The lowest BCUT2D eigenvalue weighted by atomic mass is 9.96. The molecule has 0 nitrogen and oxygen atoms in total. The molecule has 0 aliphatic heterocycles. The van der Waals surface area contributed by atoms with Gasteiger partial charge in [0.25, 0.3) is 0 Å². The molecule has 13 rings (SSSR count). The fourth-order valence-electron chi connectivity index (χ4n) is 14.9. The average Bonchev–Trinajstić information content (AvgIpc) is 0.831. The van der Waals surface area contributed by atoms with Gasteiger partial charge in [-0.1, -0.05) is 317 Å². The summed E-state index contributed by atoms with van der Waals surface area (Å²) in [5, 5.41) is 13.3. The number of fused-ring (bicyclic) bond motifs is 21. The number of aryl methyl sites for hydroxylation is 2. The van der Waals surface area contributed by atoms with Crippen molar-refractivity contribution >= 4 is 180 Å². The maximum absolute atomic E-state index is 3.71. The van der Waals surface area contributed by atoms with Crippen molar-refractivity contribution in [3.8, 4) is 0 Å². The Hall–Kier alpha value is -14.0. The highest BCUT2D eigenvalue weighted by molar-refractivity contribution is 5.87. The molecular weight excluding hydrogens is 1480 g/mol. The van der Waals surface area contributed by atoms with Crippen LogP contribution in [0.4, 0.5) is 0 Å². The Morgan fingerprint density at radius 3 is 0.504 bits per heavy atom. The zero-order valence-electron chi connectivity index (χ0n) is 71.6. The van der Waals surface area contributed by atoms with Crippen molar-refractivity contribution < 1.29 is 0 Å². The van der Waals surface area contributed by atoms with E-state index in [-0.39, 0.29) is 22.3 Å². The first-order valence-corrected chi connectivity index (χ1v) is 42.1. The average molecular weight is 1600 g/mol. The monoisotopic (exact) mass is 1600 g/mol. The van der Waals surface area contributed by atoms with Gasteiger partial charge in [0.15, 0.2) is 0 Å². The molecule has 616 valence electrons. The summed E-state index contributed by atoms with van der Waals surface area (Å²) in [6, 6.07) is 102. The lowest BCUT2D eigenvalue weighted by Crippen LogP contribution is -1.95. The van der Waals surface area contributed by atoms with Crippen LogP contribution in [0.1, 0.15) is 208 Å². The van der Waals surface area contributed by atoms with Crippen molar-refractivity contribution in [2.75, 3.05) is 0 Å². The van der Waals surface area contributed by atoms with Gasteiger partial charge in [-0.25, -0.2) is 0 Å². The molecule has 0 radical (unpaired) electrons. The largest absolute Gasteiger partial charge is 0.0985 e. The second-order valence-corrected chi connectivity index (χ2v) is 29.9. The Bertz CT molecular complexity index is 6070. The maximum atomic E-state index is 3.71. The van der Waals surface area contributed by atoms with Crippen molar-refractivity contribution in [1.82, 2.24) is 0 Å². The van der Waals surface area contributed by atoms with Gasteiger partial charge in [0, 0.05) is 0 Å². The zero-order valence-corrected chi connectivity index (χ0v) is 71.6. The van der Waals surface area contributed by atoms with E-state index in [9.17, 15) is 0 Å². The van der Waals surface area contributed by atoms with E-state index in [1.807, 2.05) is 50.3 Å². The molecule has 12 aromatic carbocycles. The predicted octanol–water partition coefficient (Wildman–Crippen LogP) is 37.3. The topological polar surface area (TPSA) is 0 Å². The second kappa shape index (κ2) is 48.9. The van der Waals surface area contributed by atoms with E-state index >= 15 is 0 Å². The minimum atomic E-state index is 0. The summed E-state index contributed by atoms with van der Waals surface area (Å²) in [5.41, 5.74) is 24.2. The highest BCUT2D eigenvalue weighted by Crippen LogP contribution is 2.28. The van der Waals surface area contributed by atoms with Crippen LogP contribution in [0.2, 0.25) is 0 Å². The molecule has 0 heterocycles. The van der Waals surface area contributed by atoms with Gasteiger partial charge < -0.3 is 0 Å². The van der Waals surface area contributed by atoms with E-state index < -0.39 is 0 Å². The Labute approximate surface area is 737 Å². The Morgan fingerprint density at radius 2 is 0.325 bits per heavy atom. The van der Waals surface area contributed by atoms with Crippen LogP contribution in [0.25, 0.3) is 180 Å². The van der Waals surface area contributed by atoms with Crippen molar-refractivity contribution in [3.63, 3.8) is 0 Å². The van der Waals surface area contributed by atoms with Gasteiger partial charge in [-0.2, -0.15) is 0 Å². The Kier molecular flexibility index (Phi) is 37.5. The van der Waals surface area contributed by atoms with Crippen LogP contribution in [-0.2, 0) is 12.8 Å². The molecule has 0 N–H and O–H groups in total. The number of rotatable bonds is 11. The van der Waals surface area contributed by atoms with E-state index in [2.05, 4.69) is 476 Å². The van der Waals surface area contributed by atoms with Gasteiger partial charge in [-0.15, -0.1) is 0 Å². The van der Waals surface area contributed by atoms with Crippen LogP contribution >= 0.6 is 0 Å². The van der Waals surface area contributed by atoms with Crippen LogP contribution in [0.3, 0.4) is 0 Å². The van der Waals surface area contributed by atoms with Crippen LogP contribution in [0.5, 0.6) is 0 Å².